The summed E-state index contributed by atoms with van der Waals surface area (Å²) in [5.74, 6) is 0.832. The van der Waals surface area contributed by atoms with E-state index in [1.807, 2.05) is 20.8 Å². The average molecular weight is 543 g/mol. The molecule has 0 bridgehead atoms. The molecule has 3 N–H and O–H groups in total. The van der Waals surface area contributed by atoms with E-state index in [1.54, 1.807) is 30.3 Å². The fourth-order valence-electron chi connectivity index (χ4n) is 5.31. The molecule has 2 aliphatic heterocycles. The molecule has 1 aromatic heterocycles. The molecular formula is C28H38N4O5S. The van der Waals surface area contributed by atoms with Crippen molar-refractivity contribution in [2.24, 2.45) is 10.8 Å². The van der Waals surface area contributed by atoms with Gasteiger partial charge in [-0.25, -0.2) is 13.4 Å². The Morgan fingerprint density at radius 2 is 1.87 bits per heavy atom. The predicted molar refractivity (Wildman–Crippen MR) is 147 cm³/mol. The van der Waals surface area contributed by atoms with Crippen molar-refractivity contribution in [2.75, 3.05) is 47.6 Å². The first-order valence-corrected chi connectivity index (χ1v) is 15.0. The number of rotatable bonds is 7. The van der Waals surface area contributed by atoms with Crippen LogP contribution in [-0.4, -0.2) is 68.6 Å². The Labute approximate surface area is 224 Å². The van der Waals surface area contributed by atoms with Crippen LogP contribution in [0.5, 0.6) is 0 Å². The summed E-state index contributed by atoms with van der Waals surface area (Å²) in [6, 6.07) is 9.63. The molecule has 1 amide bonds. The van der Waals surface area contributed by atoms with Crippen molar-refractivity contribution < 1.29 is 23.1 Å². The SMILES string of the molecule is CC(C)(C)CS(=O)(=O)c1cccc(NC(=O)c2ccc(N[C@H]3COC[C@@H]3O)nc2N2CCC3(CC2)CC3)c1. The lowest BCUT2D eigenvalue weighted by molar-refractivity contribution is 0.102. The molecule has 1 aliphatic carbocycles. The van der Waals surface area contributed by atoms with Crippen LogP contribution in [0.4, 0.5) is 17.3 Å². The minimum absolute atomic E-state index is 0.0110. The lowest BCUT2D eigenvalue weighted by Crippen LogP contribution is -2.37. The zero-order valence-corrected chi connectivity index (χ0v) is 23.2. The number of ether oxygens (including phenoxy) is 1. The predicted octanol–water partition coefficient (Wildman–Crippen LogP) is 3.71. The number of aliphatic hydroxyl groups excluding tert-OH is 1. The molecule has 1 spiro atoms. The fourth-order valence-corrected chi connectivity index (χ4v) is 7.21. The maximum absolute atomic E-state index is 13.5. The summed E-state index contributed by atoms with van der Waals surface area (Å²) in [6.45, 7) is 7.98. The van der Waals surface area contributed by atoms with E-state index < -0.39 is 15.9 Å². The molecule has 3 aliphatic rings. The molecule has 206 valence electrons. The number of nitrogens with zero attached hydrogens (tertiary/aromatic N) is 2. The van der Waals surface area contributed by atoms with Gasteiger partial charge in [-0.1, -0.05) is 26.8 Å². The number of carbonyl (C=O) groups is 1. The fraction of sp³-hybridized carbons (Fsp3) is 0.571. The summed E-state index contributed by atoms with van der Waals surface area (Å²) in [4.78, 5) is 20.7. The zero-order chi connectivity index (χ0) is 27.1. The molecule has 0 radical (unpaired) electrons. The molecule has 3 heterocycles. The molecule has 0 unspecified atom stereocenters. The van der Waals surface area contributed by atoms with Crippen molar-refractivity contribution in [3.63, 3.8) is 0 Å². The van der Waals surface area contributed by atoms with Crippen molar-refractivity contribution in [3.8, 4) is 0 Å². The van der Waals surface area contributed by atoms with Crippen LogP contribution in [0.2, 0.25) is 0 Å². The number of amides is 1. The topological polar surface area (TPSA) is 121 Å². The van der Waals surface area contributed by atoms with Crippen LogP contribution < -0.4 is 15.5 Å². The highest BCUT2D eigenvalue weighted by molar-refractivity contribution is 7.91. The van der Waals surface area contributed by atoms with Crippen LogP contribution in [0.25, 0.3) is 0 Å². The van der Waals surface area contributed by atoms with Gasteiger partial charge in [0, 0.05) is 18.8 Å². The van der Waals surface area contributed by atoms with E-state index >= 15 is 0 Å². The molecule has 38 heavy (non-hydrogen) atoms. The van der Waals surface area contributed by atoms with E-state index in [2.05, 4.69) is 15.5 Å². The van der Waals surface area contributed by atoms with E-state index in [0.717, 1.165) is 25.9 Å². The molecule has 2 atom stereocenters. The Balaban J connectivity index is 1.39. The van der Waals surface area contributed by atoms with Gasteiger partial charge in [-0.2, -0.15) is 0 Å². The smallest absolute Gasteiger partial charge is 0.259 e. The quantitative estimate of drug-likeness (QED) is 0.484. The molecule has 2 aromatic rings. The van der Waals surface area contributed by atoms with Gasteiger partial charge in [-0.05, 0) is 66.8 Å². The number of hydrogen-bond acceptors (Lipinski definition) is 8. The van der Waals surface area contributed by atoms with Gasteiger partial charge in [0.05, 0.1) is 41.6 Å². The van der Waals surface area contributed by atoms with Crippen LogP contribution in [0.3, 0.4) is 0 Å². The van der Waals surface area contributed by atoms with Gasteiger partial charge in [-0.15, -0.1) is 0 Å². The van der Waals surface area contributed by atoms with E-state index in [1.165, 1.54) is 18.9 Å². The van der Waals surface area contributed by atoms with Crippen LogP contribution >= 0.6 is 0 Å². The number of carbonyl (C=O) groups excluding carboxylic acids is 1. The van der Waals surface area contributed by atoms with Crippen LogP contribution in [0.1, 0.15) is 56.8 Å². The minimum Gasteiger partial charge on any atom is -0.388 e. The maximum atomic E-state index is 13.5. The van der Waals surface area contributed by atoms with Gasteiger partial charge in [-0.3, -0.25) is 4.79 Å². The molecule has 1 saturated carbocycles. The number of anilines is 3. The average Bonchev–Trinajstić information content (AvgIpc) is 3.48. The molecule has 1 aromatic carbocycles. The number of aromatic nitrogens is 1. The van der Waals surface area contributed by atoms with Crippen LogP contribution in [0, 0.1) is 10.8 Å². The van der Waals surface area contributed by atoms with Gasteiger partial charge >= 0.3 is 0 Å². The van der Waals surface area contributed by atoms with Crippen molar-refractivity contribution in [1.29, 1.82) is 0 Å². The highest BCUT2D eigenvalue weighted by atomic mass is 32.2. The van der Waals surface area contributed by atoms with Crippen molar-refractivity contribution in [3.05, 3.63) is 42.0 Å². The normalized spacial score (nSPS) is 22.9. The third kappa shape index (κ3) is 6.13. The summed E-state index contributed by atoms with van der Waals surface area (Å²) in [6.07, 6.45) is 4.09. The number of benzene rings is 1. The second-order valence-corrected chi connectivity index (χ2v) is 14.2. The van der Waals surface area contributed by atoms with Gasteiger partial charge < -0.3 is 25.4 Å². The number of pyridine rings is 1. The van der Waals surface area contributed by atoms with Gasteiger partial charge in [0.25, 0.3) is 5.91 Å². The Bertz CT molecular complexity index is 1290. The Kier molecular flexibility index (Phi) is 7.17. The lowest BCUT2D eigenvalue weighted by Gasteiger charge is -2.34. The highest BCUT2D eigenvalue weighted by Crippen LogP contribution is 2.54. The summed E-state index contributed by atoms with van der Waals surface area (Å²) in [5, 5.41) is 16.3. The monoisotopic (exact) mass is 542 g/mol. The van der Waals surface area contributed by atoms with Gasteiger partial charge in [0.15, 0.2) is 9.84 Å². The van der Waals surface area contributed by atoms with Crippen molar-refractivity contribution in [2.45, 2.75) is 63.5 Å². The first-order valence-electron chi connectivity index (χ1n) is 13.4. The first-order chi connectivity index (χ1) is 17.9. The minimum atomic E-state index is -3.50. The molecular weight excluding hydrogens is 504 g/mol. The second kappa shape index (κ2) is 10.1. The second-order valence-electron chi connectivity index (χ2n) is 12.2. The van der Waals surface area contributed by atoms with Crippen molar-refractivity contribution >= 4 is 33.1 Å². The number of sulfone groups is 1. The molecule has 9 nitrogen and oxygen atoms in total. The largest absolute Gasteiger partial charge is 0.388 e. The molecule has 3 fully saturated rings. The van der Waals surface area contributed by atoms with E-state index in [9.17, 15) is 18.3 Å². The number of piperidine rings is 1. The van der Waals surface area contributed by atoms with E-state index in [4.69, 9.17) is 9.72 Å². The third-order valence-corrected chi connectivity index (χ3v) is 9.88. The molecule has 2 saturated heterocycles. The van der Waals surface area contributed by atoms with Gasteiger partial charge in [0.2, 0.25) is 0 Å². The van der Waals surface area contributed by atoms with E-state index in [0.29, 0.717) is 34.9 Å². The van der Waals surface area contributed by atoms with Gasteiger partial charge in [0.1, 0.15) is 11.6 Å². The van der Waals surface area contributed by atoms with Crippen LogP contribution in [0.15, 0.2) is 41.3 Å². The Morgan fingerprint density at radius 1 is 1.13 bits per heavy atom. The summed E-state index contributed by atoms with van der Waals surface area (Å²) >= 11 is 0. The lowest BCUT2D eigenvalue weighted by atomic mass is 9.93. The number of hydrogen-bond donors (Lipinski definition) is 3. The third-order valence-electron chi connectivity index (χ3n) is 7.66. The zero-order valence-electron chi connectivity index (χ0n) is 22.4. The molecule has 5 rings (SSSR count). The van der Waals surface area contributed by atoms with Crippen LogP contribution in [-0.2, 0) is 14.6 Å². The number of nitrogens with one attached hydrogen (secondary N) is 2. The summed E-state index contributed by atoms with van der Waals surface area (Å²) in [7, 11) is -3.50. The van der Waals surface area contributed by atoms with Crippen molar-refractivity contribution in [1.82, 2.24) is 4.98 Å². The summed E-state index contributed by atoms with van der Waals surface area (Å²) < 4.78 is 31.2. The highest BCUT2D eigenvalue weighted by Gasteiger charge is 2.45. The Morgan fingerprint density at radius 3 is 2.50 bits per heavy atom. The Hall–Kier alpha value is -2.69. The standard InChI is InChI=1S/C28H38N4O5S/c1-27(2,3)18-38(35,36)20-6-4-5-19(15-20)29-26(34)21-7-8-24(30-22-16-37-17-23(22)33)31-25(21)32-13-11-28(9-10-28)12-14-32/h4-8,15,22-23,33H,9-14,16-18H2,1-3H3,(H,29,34)(H,30,31)/t22-,23-/m0/s1. The van der Waals surface area contributed by atoms with E-state index in [-0.39, 0.29) is 34.6 Å². The maximum Gasteiger partial charge on any atom is 0.259 e. The molecule has 10 heteroatoms. The first kappa shape index (κ1) is 26.9. The number of aliphatic hydroxyl groups is 1. The summed E-state index contributed by atoms with van der Waals surface area (Å²) in [5.41, 5.74) is 0.926.